The van der Waals surface area contributed by atoms with Gasteiger partial charge in [-0.2, -0.15) is 0 Å². The molecule has 200 valence electrons. The molecule has 1 aliphatic carbocycles. The van der Waals surface area contributed by atoms with Crippen molar-refractivity contribution in [3.8, 4) is 0 Å². The largest absolute Gasteiger partial charge is 0.352 e. The predicted octanol–water partition coefficient (Wildman–Crippen LogP) is 4.12. The van der Waals surface area contributed by atoms with Crippen LogP contribution in [0.15, 0.2) is 66.3 Å². The average Bonchev–Trinajstić information content (AvgIpc) is 3.61. The van der Waals surface area contributed by atoms with E-state index in [1.165, 1.54) is 16.0 Å². The van der Waals surface area contributed by atoms with Gasteiger partial charge in [0, 0.05) is 55.0 Å². The van der Waals surface area contributed by atoms with Crippen LogP contribution in [-0.2, 0) is 17.9 Å². The van der Waals surface area contributed by atoms with Gasteiger partial charge in [0.25, 0.3) is 5.91 Å². The number of likely N-dealkylation sites (tertiary alicyclic amines) is 1. The number of nitrogens with two attached hydrogens (primary N) is 1. The van der Waals surface area contributed by atoms with Crippen LogP contribution in [0.4, 0.5) is 0 Å². The molecular formula is C30H37N5O2S. The first-order valence-corrected chi connectivity index (χ1v) is 14.4. The fourth-order valence-electron chi connectivity index (χ4n) is 5.61. The van der Waals surface area contributed by atoms with Crippen LogP contribution in [0.2, 0.25) is 0 Å². The molecule has 0 radical (unpaired) electrons. The average molecular weight is 532 g/mol. The van der Waals surface area contributed by atoms with Crippen molar-refractivity contribution >= 4 is 23.2 Å². The van der Waals surface area contributed by atoms with E-state index in [0.717, 1.165) is 38.8 Å². The highest BCUT2D eigenvalue weighted by molar-refractivity contribution is 7.09. The molecule has 2 amide bonds. The quantitative estimate of drug-likeness (QED) is 0.456. The summed E-state index contributed by atoms with van der Waals surface area (Å²) < 4.78 is 0. The van der Waals surface area contributed by atoms with E-state index in [2.05, 4.69) is 63.9 Å². The van der Waals surface area contributed by atoms with E-state index in [4.69, 9.17) is 5.73 Å². The second kappa shape index (κ2) is 12.2. The molecule has 0 spiro atoms. The molecule has 2 aromatic heterocycles. The van der Waals surface area contributed by atoms with E-state index >= 15 is 0 Å². The van der Waals surface area contributed by atoms with E-state index in [-0.39, 0.29) is 29.9 Å². The summed E-state index contributed by atoms with van der Waals surface area (Å²) in [6.07, 6.45) is 7.45. The number of nitrogens with zero attached hydrogens (tertiary/aromatic N) is 3. The number of nitrogens with one attached hydrogen (secondary N) is 1. The van der Waals surface area contributed by atoms with Gasteiger partial charge < -0.3 is 16.0 Å². The molecule has 1 aromatic carbocycles. The molecule has 3 aromatic rings. The minimum Gasteiger partial charge on any atom is -0.352 e. The van der Waals surface area contributed by atoms with Crippen LogP contribution in [-0.4, -0.2) is 57.3 Å². The van der Waals surface area contributed by atoms with E-state index in [1.807, 2.05) is 0 Å². The summed E-state index contributed by atoms with van der Waals surface area (Å²) >= 11 is 1.74. The number of carbonyl (C=O) groups is 2. The Bertz CT molecular complexity index is 1190. The molecule has 1 saturated carbocycles. The van der Waals surface area contributed by atoms with Gasteiger partial charge in [-0.15, -0.1) is 11.3 Å². The van der Waals surface area contributed by atoms with Crippen molar-refractivity contribution in [2.45, 2.75) is 76.3 Å². The van der Waals surface area contributed by atoms with Gasteiger partial charge in [0.2, 0.25) is 5.91 Å². The Morgan fingerprint density at radius 2 is 1.87 bits per heavy atom. The monoisotopic (exact) mass is 531 g/mol. The smallest absolute Gasteiger partial charge is 0.256 e. The lowest BCUT2D eigenvalue weighted by Gasteiger charge is -2.30. The molecule has 2 unspecified atom stereocenters. The normalized spacial score (nSPS) is 23.5. The van der Waals surface area contributed by atoms with Crippen molar-refractivity contribution in [3.05, 3.63) is 87.9 Å². The van der Waals surface area contributed by atoms with Crippen molar-refractivity contribution in [1.82, 2.24) is 20.1 Å². The van der Waals surface area contributed by atoms with E-state index in [0.29, 0.717) is 18.5 Å². The number of aryl methyl sites for hydroxylation is 1. The number of hydrogen-bond acceptors (Lipinski definition) is 6. The number of rotatable bonds is 8. The van der Waals surface area contributed by atoms with Crippen molar-refractivity contribution in [1.29, 1.82) is 0 Å². The molecule has 38 heavy (non-hydrogen) atoms. The number of aromatic nitrogens is 1. The van der Waals surface area contributed by atoms with Crippen LogP contribution in [0.5, 0.6) is 0 Å². The lowest BCUT2D eigenvalue weighted by atomic mass is 9.91. The van der Waals surface area contributed by atoms with E-state index < -0.39 is 6.04 Å². The first-order valence-electron chi connectivity index (χ1n) is 13.5. The summed E-state index contributed by atoms with van der Waals surface area (Å²) in [5.74, 6) is -0.200. The predicted molar refractivity (Wildman–Crippen MR) is 151 cm³/mol. The first kappa shape index (κ1) is 26.5. The zero-order valence-corrected chi connectivity index (χ0v) is 22.8. The Labute approximate surface area is 229 Å². The zero-order valence-electron chi connectivity index (χ0n) is 22.0. The van der Waals surface area contributed by atoms with Crippen LogP contribution < -0.4 is 11.1 Å². The Balaban J connectivity index is 1.38. The molecule has 7 nitrogen and oxygen atoms in total. The summed E-state index contributed by atoms with van der Waals surface area (Å²) in [6.45, 7) is 4.13. The fraction of sp³-hybridized carbons (Fsp3) is 0.433. The maximum absolute atomic E-state index is 13.7. The highest BCUT2D eigenvalue weighted by Crippen LogP contribution is 2.29. The SMILES string of the molecule is Cc1ccc(CN(Cc2cccs2)C2CC(C(=O)NC3CCC(N)CC3)N(C(=O)c3cccnc3)C2)cc1. The summed E-state index contributed by atoms with van der Waals surface area (Å²) in [5.41, 5.74) is 9.05. The number of benzene rings is 1. The van der Waals surface area contributed by atoms with Gasteiger partial charge in [-0.05, 0) is 68.2 Å². The van der Waals surface area contributed by atoms with E-state index in [1.54, 1.807) is 40.8 Å². The molecule has 3 N–H and O–H groups in total. The number of hydrogen-bond donors (Lipinski definition) is 2. The summed E-state index contributed by atoms with van der Waals surface area (Å²) in [5, 5.41) is 5.35. The van der Waals surface area contributed by atoms with Crippen LogP contribution in [0.1, 0.15) is 58.5 Å². The number of pyridine rings is 1. The fourth-order valence-corrected chi connectivity index (χ4v) is 6.34. The molecule has 3 heterocycles. The van der Waals surface area contributed by atoms with Crippen LogP contribution in [0, 0.1) is 6.92 Å². The lowest BCUT2D eigenvalue weighted by Crippen LogP contribution is -2.50. The van der Waals surface area contributed by atoms with Gasteiger partial charge in [0.15, 0.2) is 0 Å². The minimum atomic E-state index is -0.521. The topological polar surface area (TPSA) is 91.6 Å². The molecule has 1 saturated heterocycles. The molecule has 0 bridgehead atoms. The molecule has 8 heteroatoms. The molecule has 1 aliphatic heterocycles. The summed E-state index contributed by atoms with van der Waals surface area (Å²) in [4.78, 5) is 36.9. The van der Waals surface area contributed by atoms with Crippen molar-refractivity contribution in [3.63, 3.8) is 0 Å². The maximum Gasteiger partial charge on any atom is 0.256 e. The van der Waals surface area contributed by atoms with Crippen molar-refractivity contribution in [2.24, 2.45) is 5.73 Å². The van der Waals surface area contributed by atoms with E-state index in [9.17, 15) is 9.59 Å². The Hall–Kier alpha value is -3.07. The Morgan fingerprint density at radius 1 is 1.08 bits per heavy atom. The molecule has 2 fully saturated rings. The Morgan fingerprint density at radius 3 is 2.55 bits per heavy atom. The standard InChI is InChI=1S/C30H37N5O2S/c1-21-6-8-22(9-7-21)18-34(20-27-5-3-15-38-27)26-16-28(29(36)33-25-12-10-24(31)11-13-25)35(19-26)30(37)23-4-2-14-32-17-23/h2-9,14-15,17,24-26,28H,10-13,16,18-20,31H2,1H3,(H,33,36). The number of thiophene rings is 1. The van der Waals surface area contributed by atoms with Gasteiger partial charge in [-0.25, -0.2) is 0 Å². The van der Waals surface area contributed by atoms with Gasteiger partial charge in [-0.3, -0.25) is 19.5 Å². The maximum atomic E-state index is 13.7. The second-order valence-corrected chi connectivity index (χ2v) is 11.7. The minimum absolute atomic E-state index is 0.0505. The van der Waals surface area contributed by atoms with Crippen LogP contribution >= 0.6 is 11.3 Å². The highest BCUT2D eigenvalue weighted by Gasteiger charge is 2.42. The van der Waals surface area contributed by atoms with Crippen LogP contribution in [0.3, 0.4) is 0 Å². The van der Waals surface area contributed by atoms with Gasteiger partial charge >= 0.3 is 0 Å². The molecule has 2 aliphatic rings. The van der Waals surface area contributed by atoms with Gasteiger partial charge in [0.1, 0.15) is 6.04 Å². The lowest BCUT2D eigenvalue weighted by molar-refractivity contribution is -0.125. The third-order valence-electron chi connectivity index (χ3n) is 7.83. The van der Waals surface area contributed by atoms with Gasteiger partial charge in [-0.1, -0.05) is 35.9 Å². The number of amides is 2. The second-order valence-electron chi connectivity index (χ2n) is 10.7. The van der Waals surface area contributed by atoms with Crippen LogP contribution in [0.25, 0.3) is 0 Å². The van der Waals surface area contributed by atoms with Crippen molar-refractivity contribution in [2.75, 3.05) is 6.54 Å². The Kier molecular flexibility index (Phi) is 8.51. The third-order valence-corrected chi connectivity index (χ3v) is 8.69. The summed E-state index contributed by atoms with van der Waals surface area (Å²) in [6, 6.07) is 16.2. The zero-order chi connectivity index (χ0) is 26.5. The molecule has 2 atom stereocenters. The third kappa shape index (κ3) is 6.49. The first-order chi connectivity index (χ1) is 18.5. The molecule has 5 rings (SSSR count). The number of carbonyl (C=O) groups excluding carboxylic acids is 2. The molecular weight excluding hydrogens is 494 g/mol. The van der Waals surface area contributed by atoms with Crippen molar-refractivity contribution < 1.29 is 9.59 Å². The highest BCUT2D eigenvalue weighted by atomic mass is 32.1. The van der Waals surface area contributed by atoms with Gasteiger partial charge in [0.05, 0.1) is 5.56 Å². The summed E-state index contributed by atoms with van der Waals surface area (Å²) in [7, 11) is 0.